The lowest BCUT2D eigenvalue weighted by molar-refractivity contribution is -0.676. The van der Waals surface area contributed by atoms with Crippen LogP contribution in [-0.4, -0.2) is 12.9 Å². The molecule has 0 N–H and O–H groups in total. The van der Waals surface area contributed by atoms with Gasteiger partial charge in [0.2, 0.25) is 5.52 Å². The minimum Gasteiger partial charge on any atom is -0.494 e. The van der Waals surface area contributed by atoms with Crippen LogP contribution in [-0.2, 0) is 7.05 Å². The van der Waals surface area contributed by atoms with E-state index in [0.29, 0.717) is 0 Å². The fraction of sp³-hybridized carbons (Fsp3) is 0.364. The van der Waals surface area contributed by atoms with E-state index in [2.05, 4.69) is 30.0 Å². The second kappa shape index (κ2) is 4.41. The Kier molecular flexibility index (Phi) is 3.17. The molecule has 0 aliphatic rings. The molecule has 0 aliphatic carbocycles. The second-order valence-electron chi connectivity index (χ2n) is 3.19. The zero-order valence-electron chi connectivity index (χ0n) is 9.11. The van der Waals surface area contributed by atoms with Crippen LogP contribution in [0.5, 0.6) is 5.75 Å². The van der Waals surface area contributed by atoms with Crippen LogP contribution >= 0.6 is 23.1 Å². The van der Waals surface area contributed by atoms with Crippen molar-refractivity contribution in [3.63, 3.8) is 0 Å². The molecule has 2 aromatic rings. The Morgan fingerprint density at radius 2 is 2.27 bits per heavy atom. The molecule has 0 saturated heterocycles. The Morgan fingerprint density at radius 3 is 2.93 bits per heavy atom. The molecule has 80 valence electrons. The Bertz CT molecular complexity index is 479. The average molecular weight is 240 g/mol. The third-order valence-corrected chi connectivity index (χ3v) is 4.62. The van der Waals surface area contributed by atoms with Crippen LogP contribution in [0.2, 0.25) is 0 Å². The molecule has 0 spiro atoms. The maximum absolute atomic E-state index is 5.49. The van der Waals surface area contributed by atoms with Gasteiger partial charge in [0.15, 0.2) is 0 Å². The molecule has 0 aliphatic heterocycles. The van der Waals surface area contributed by atoms with Crippen molar-refractivity contribution in [3.8, 4) is 5.75 Å². The van der Waals surface area contributed by atoms with Gasteiger partial charge in [-0.2, -0.15) is 4.57 Å². The van der Waals surface area contributed by atoms with Gasteiger partial charge in [-0.05, 0) is 31.0 Å². The highest BCUT2D eigenvalue weighted by molar-refractivity contribution is 8.00. The zero-order valence-corrected chi connectivity index (χ0v) is 10.7. The van der Waals surface area contributed by atoms with Crippen LogP contribution in [0.25, 0.3) is 10.2 Å². The topological polar surface area (TPSA) is 13.1 Å². The highest BCUT2D eigenvalue weighted by Crippen LogP contribution is 2.28. The SMILES string of the molecule is CCOc1ccc2c(c1)sc(SC)[n+]2C. The van der Waals surface area contributed by atoms with Gasteiger partial charge in [0.1, 0.15) is 17.5 Å². The predicted octanol–water partition coefficient (Wildman–Crippen LogP) is 2.85. The lowest BCUT2D eigenvalue weighted by Crippen LogP contribution is -2.27. The van der Waals surface area contributed by atoms with Gasteiger partial charge < -0.3 is 4.74 Å². The molecule has 0 amide bonds. The van der Waals surface area contributed by atoms with E-state index in [1.54, 1.807) is 11.8 Å². The molecule has 0 bridgehead atoms. The summed E-state index contributed by atoms with van der Waals surface area (Å²) in [5.74, 6) is 0.958. The van der Waals surface area contributed by atoms with Crippen molar-refractivity contribution >= 4 is 33.3 Å². The molecule has 0 radical (unpaired) electrons. The van der Waals surface area contributed by atoms with Gasteiger partial charge in [0, 0.05) is 12.1 Å². The largest absolute Gasteiger partial charge is 0.494 e. The summed E-state index contributed by atoms with van der Waals surface area (Å²) in [6.45, 7) is 2.73. The van der Waals surface area contributed by atoms with E-state index in [0.717, 1.165) is 12.4 Å². The zero-order chi connectivity index (χ0) is 10.8. The molecular formula is C11H14NOS2+. The molecule has 0 fully saturated rings. The Labute approximate surface area is 97.9 Å². The standard InChI is InChI=1S/C11H14NOS2/c1-4-13-8-5-6-9-10(7-8)15-11(14-3)12(9)2/h5-7H,4H2,1-3H3/q+1. The number of thioether (sulfide) groups is 1. The van der Waals surface area contributed by atoms with E-state index in [-0.39, 0.29) is 0 Å². The van der Waals surface area contributed by atoms with Crippen molar-refractivity contribution in [3.05, 3.63) is 18.2 Å². The summed E-state index contributed by atoms with van der Waals surface area (Å²) < 4.78 is 10.3. The molecule has 15 heavy (non-hydrogen) atoms. The highest BCUT2D eigenvalue weighted by atomic mass is 32.2. The van der Waals surface area contributed by atoms with E-state index in [9.17, 15) is 0 Å². The summed E-state index contributed by atoms with van der Waals surface area (Å²) >= 11 is 3.59. The quantitative estimate of drug-likeness (QED) is 0.604. The molecule has 1 aromatic heterocycles. The third kappa shape index (κ3) is 1.96. The molecular weight excluding hydrogens is 226 g/mol. The third-order valence-electron chi connectivity index (χ3n) is 2.25. The van der Waals surface area contributed by atoms with Crippen LogP contribution in [0.1, 0.15) is 6.92 Å². The van der Waals surface area contributed by atoms with E-state index in [1.807, 2.05) is 24.3 Å². The summed E-state index contributed by atoms with van der Waals surface area (Å²) in [5, 5.41) is 0. The minimum atomic E-state index is 0.721. The minimum absolute atomic E-state index is 0.721. The van der Waals surface area contributed by atoms with Crippen LogP contribution in [0.4, 0.5) is 0 Å². The number of aromatic nitrogens is 1. The number of thiazole rings is 1. The number of ether oxygens (including phenoxy) is 1. The van der Waals surface area contributed by atoms with Gasteiger partial charge in [-0.1, -0.05) is 11.3 Å². The Balaban J connectivity index is 2.53. The Hall–Kier alpha value is -0.740. The molecule has 0 atom stereocenters. The summed E-state index contributed by atoms with van der Waals surface area (Å²) in [5.41, 5.74) is 1.27. The highest BCUT2D eigenvalue weighted by Gasteiger charge is 2.16. The Morgan fingerprint density at radius 1 is 1.47 bits per heavy atom. The van der Waals surface area contributed by atoms with Crippen molar-refractivity contribution in [2.75, 3.05) is 12.9 Å². The lowest BCUT2D eigenvalue weighted by Gasteiger charge is -2.00. The van der Waals surface area contributed by atoms with Crippen molar-refractivity contribution in [1.82, 2.24) is 0 Å². The van der Waals surface area contributed by atoms with E-state index < -0.39 is 0 Å². The van der Waals surface area contributed by atoms with Crippen molar-refractivity contribution in [1.29, 1.82) is 0 Å². The van der Waals surface area contributed by atoms with Crippen molar-refractivity contribution in [2.24, 2.45) is 7.05 Å². The van der Waals surface area contributed by atoms with Gasteiger partial charge in [-0.25, -0.2) is 0 Å². The van der Waals surface area contributed by atoms with Gasteiger partial charge >= 0.3 is 0 Å². The van der Waals surface area contributed by atoms with Gasteiger partial charge in [0.05, 0.1) is 6.61 Å². The smallest absolute Gasteiger partial charge is 0.297 e. The molecule has 0 saturated carbocycles. The average Bonchev–Trinajstić information content (AvgIpc) is 2.56. The number of hydrogen-bond donors (Lipinski definition) is 0. The predicted molar refractivity (Wildman–Crippen MR) is 66.0 cm³/mol. The fourth-order valence-electron chi connectivity index (χ4n) is 1.55. The number of aryl methyl sites for hydroxylation is 1. The van der Waals surface area contributed by atoms with E-state index in [4.69, 9.17) is 4.74 Å². The first kappa shape index (κ1) is 10.8. The second-order valence-corrected chi connectivity index (χ2v) is 5.28. The fourth-order valence-corrected chi connectivity index (χ4v) is 3.43. The molecule has 1 aromatic carbocycles. The van der Waals surface area contributed by atoms with Gasteiger partial charge in [0.25, 0.3) is 4.34 Å². The van der Waals surface area contributed by atoms with Crippen molar-refractivity contribution < 1.29 is 9.30 Å². The van der Waals surface area contributed by atoms with Crippen LogP contribution in [0.15, 0.2) is 22.5 Å². The number of benzene rings is 1. The van der Waals surface area contributed by atoms with E-state index >= 15 is 0 Å². The van der Waals surface area contributed by atoms with Crippen LogP contribution < -0.4 is 9.30 Å². The molecule has 0 unspecified atom stereocenters. The molecule has 1 heterocycles. The van der Waals surface area contributed by atoms with Crippen molar-refractivity contribution in [2.45, 2.75) is 11.3 Å². The number of nitrogens with zero attached hydrogens (tertiary/aromatic N) is 1. The molecule has 4 heteroatoms. The maximum Gasteiger partial charge on any atom is 0.297 e. The normalized spacial score (nSPS) is 10.9. The number of hydrogen-bond acceptors (Lipinski definition) is 3. The summed E-state index contributed by atoms with van der Waals surface area (Å²) in [7, 11) is 2.10. The first-order valence-electron chi connectivity index (χ1n) is 4.85. The lowest BCUT2D eigenvalue weighted by atomic mass is 10.3. The number of rotatable bonds is 3. The number of fused-ring (bicyclic) bond motifs is 1. The first-order chi connectivity index (χ1) is 7.26. The maximum atomic E-state index is 5.49. The summed E-state index contributed by atoms with van der Waals surface area (Å²) in [4.78, 5) is 0. The summed E-state index contributed by atoms with van der Waals surface area (Å²) in [6, 6.07) is 6.27. The summed E-state index contributed by atoms with van der Waals surface area (Å²) in [6.07, 6.45) is 2.11. The van der Waals surface area contributed by atoms with Gasteiger partial charge in [-0.3, -0.25) is 0 Å². The van der Waals surface area contributed by atoms with Crippen LogP contribution in [0, 0.1) is 0 Å². The molecule has 2 nitrogen and oxygen atoms in total. The van der Waals surface area contributed by atoms with E-state index in [1.165, 1.54) is 14.6 Å². The van der Waals surface area contributed by atoms with Gasteiger partial charge in [-0.15, -0.1) is 0 Å². The van der Waals surface area contributed by atoms with Crippen LogP contribution in [0.3, 0.4) is 0 Å². The molecule has 2 rings (SSSR count). The first-order valence-corrected chi connectivity index (χ1v) is 6.89. The monoisotopic (exact) mass is 240 g/mol.